The van der Waals surface area contributed by atoms with Gasteiger partial charge in [-0.05, 0) is 37.0 Å². The monoisotopic (exact) mass is 255 g/mol. The molecular weight excluding hydrogens is 236 g/mol. The molecule has 0 aliphatic heterocycles. The van der Waals surface area contributed by atoms with Crippen molar-refractivity contribution in [2.24, 2.45) is 5.92 Å². The van der Waals surface area contributed by atoms with E-state index < -0.39 is 17.7 Å². The third-order valence-corrected chi connectivity index (χ3v) is 3.37. The fourth-order valence-electron chi connectivity index (χ4n) is 2.09. The van der Waals surface area contributed by atoms with E-state index in [1.54, 1.807) is 0 Å². The van der Waals surface area contributed by atoms with Crippen LogP contribution in [-0.2, 0) is 0 Å². The summed E-state index contributed by atoms with van der Waals surface area (Å²) in [5.74, 6) is -0.980. The molecule has 2 unspecified atom stereocenters. The second-order valence-electron chi connectivity index (χ2n) is 5.18. The highest BCUT2D eigenvalue weighted by Crippen LogP contribution is 2.33. The second kappa shape index (κ2) is 5.76. The lowest BCUT2D eigenvalue weighted by atomic mass is 10.1. The maximum Gasteiger partial charge on any atom is 0.159 e. The lowest BCUT2D eigenvalue weighted by Gasteiger charge is -2.17. The Labute approximate surface area is 106 Å². The Balaban J connectivity index is 1.82. The van der Waals surface area contributed by atoms with E-state index in [1.807, 2.05) is 0 Å². The van der Waals surface area contributed by atoms with Gasteiger partial charge in [-0.15, -0.1) is 0 Å². The lowest BCUT2D eigenvalue weighted by Crippen LogP contribution is -2.30. The van der Waals surface area contributed by atoms with Crippen LogP contribution in [0.1, 0.15) is 37.9 Å². The predicted molar refractivity (Wildman–Crippen MR) is 66.1 cm³/mol. The fourth-order valence-corrected chi connectivity index (χ4v) is 2.09. The highest BCUT2D eigenvalue weighted by Gasteiger charge is 2.23. The van der Waals surface area contributed by atoms with Crippen LogP contribution >= 0.6 is 0 Å². The van der Waals surface area contributed by atoms with Gasteiger partial charge in [0.15, 0.2) is 11.6 Å². The summed E-state index contributed by atoms with van der Waals surface area (Å²) in [6.45, 7) is 2.44. The minimum atomic E-state index is -0.919. The molecular formula is C14H19F2NO. The van der Waals surface area contributed by atoms with Crippen molar-refractivity contribution in [2.75, 3.05) is 6.54 Å². The van der Waals surface area contributed by atoms with E-state index in [0.29, 0.717) is 18.2 Å². The highest BCUT2D eigenvalue weighted by molar-refractivity contribution is 5.20. The largest absolute Gasteiger partial charge is 0.387 e. The number of rotatable bonds is 6. The summed E-state index contributed by atoms with van der Waals surface area (Å²) in [5.41, 5.74) is 0.403. The van der Waals surface area contributed by atoms with E-state index in [0.717, 1.165) is 24.5 Å². The van der Waals surface area contributed by atoms with Crippen LogP contribution in [0.5, 0.6) is 0 Å². The maximum atomic E-state index is 13.0. The lowest BCUT2D eigenvalue weighted by molar-refractivity contribution is 0.169. The van der Waals surface area contributed by atoms with Crippen LogP contribution in [0, 0.1) is 17.6 Å². The molecule has 1 saturated carbocycles. The van der Waals surface area contributed by atoms with E-state index >= 15 is 0 Å². The first-order valence-electron chi connectivity index (χ1n) is 6.42. The topological polar surface area (TPSA) is 32.3 Å². The van der Waals surface area contributed by atoms with Crippen molar-refractivity contribution in [3.05, 3.63) is 35.4 Å². The maximum absolute atomic E-state index is 13.0. The third-order valence-electron chi connectivity index (χ3n) is 3.37. The van der Waals surface area contributed by atoms with Crippen LogP contribution in [0.25, 0.3) is 0 Å². The number of hydrogen-bond acceptors (Lipinski definition) is 2. The standard InChI is InChI=1S/C14H19F2NO/c1-9(6-10-2-3-10)17-8-14(18)11-4-5-12(15)13(16)7-11/h4-5,7,9-10,14,17-18H,2-3,6,8H2,1H3. The molecule has 1 aliphatic carbocycles. The molecule has 1 fully saturated rings. The average molecular weight is 255 g/mol. The fraction of sp³-hybridized carbons (Fsp3) is 0.571. The van der Waals surface area contributed by atoms with E-state index in [2.05, 4.69) is 12.2 Å². The minimum Gasteiger partial charge on any atom is -0.387 e. The number of hydrogen-bond donors (Lipinski definition) is 2. The number of aliphatic hydroxyl groups excluding tert-OH is 1. The van der Waals surface area contributed by atoms with Crippen LogP contribution in [0.4, 0.5) is 8.78 Å². The molecule has 2 atom stereocenters. The first kappa shape index (κ1) is 13.4. The number of halogens is 2. The summed E-state index contributed by atoms with van der Waals surface area (Å²) in [5, 5.41) is 13.1. The van der Waals surface area contributed by atoms with E-state index in [9.17, 15) is 13.9 Å². The van der Waals surface area contributed by atoms with Crippen LogP contribution < -0.4 is 5.32 Å². The predicted octanol–water partition coefficient (Wildman–Crippen LogP) is 2.78. The molecule has 0 bridgehead atoms. The Bertz CT molecular complexity index is 407. The van der Waals surface area contributed by atoms with Gasteiger partial charge in [-0.2, -0.15) is 0 Å². The molecule has 4 heteroatoms. The van der Waals surface area contributed by atoms with E-state index in [4.69, 9.17) is 0 Å². The number of nitrogens with one attached hydrogen (secondary N) is 1. The Hall–Kier alpha value is -1.00. The SMILES string of the molecule is CC(CC1CC1)NCC(O)c1ccc(F)c(F)c1. The zero-order chi connectivity index (χ0) is 13.1. The van der Waals surface area contributed by atoms with Gasteiger partial charge in [0.2, 0.25) is 0 Å². The summed E-state index contributed by atoms with van der Waals surface area (Å²) < 4.78 is 25.8. The first-order valence-corrected chi connectivity index (χ1v) is 6.42. The third kappa shape index (κ3) is 3.75. The van der Waals surface area contributed by atoms with Gasteiger partial charge in [0.25, 0.3) is 0 Å². The second-order valence-corrected chi connectivity index (χ2v) is 5.18. The molecule has 1 aromatic rings. The molecule has 0 amide bonds. The molecule has 0 aromatic heterocycles. The van der Waals surface area contributed by atoms with Crippen molar-refractivity contribution in [1.82, 2.24) is 5.32 Å². The Morgan fingerprint density at radius 3 is 2.67 bits per heavy atom. The van der Waals surface area contributed by atoms with Crippen molar-refractivity contribution in [3.8, 4) is 0 Å². The van der Waals surface area contributed by atoms with Gasteiger partial charge in [-0.3, -0.25) is 0 Å². The van der Waals surface area contributed by atoms with Crippen molar-refractivity contribution < 1.29 is 13.9 Å². The molecule has 0 spiro atoms. The molecule has 0 heterocycles. The smallest absolute Gasteiger partial charge is 0.159 e. The molecule has 2 rings (SSSR count). The zero-order valence-electron chi connectivity index (χ0n) is 10.5. The summed E-state index contributed by atoms with van der Waals surface area (Å²) in [4.78, 5) is 0. The van der Waals surface area contributed by atoms with E-state index in [1.165, 1.54) is 18.9 Å². The molecule has 2 nitrogen and oxygen atoms in total. The van der Waals surface area contributed by atoms with Crippen molar-refractivity contribution in [3.63, 3.8) is 0 Å². The van der Waals surface area contributed by atoms with E-state index in [-0.39, 0.29) is 0 Å². The molecule has 1 aliphatic rings. The van der Waals surface area contributed by atoms with Crippen LogP contribution in [0.15, 0.2) is 18.2 Å². The van der Waals surface area contributed by atoms with Gasteiger partial charge in [-0.1, -0.05) is 18.9 Å². The molecule has 100 valence electrons. The molecule has 18 heavy (non-hydrogen) atoms. The van der Waals surface area contributed by atoms with Gasteiger partial charge >= 0.3 is 0 Å². The molecule has 1 aromatic carbocycles. The van der Waals surface area contributed by atoms with Crippen molar-refractivity contribution >= 4 is 0 Å². The van der Waals surface area contributed by atoms with Gasteiger partial charge in [0.05, 0.1) is 6.10 Å². The van der Waals surface area contributed by atoms with Gasteiger partial charge in [0, 0.05) is 12.6 Å². The zero-order valence-corrected chi connectivity index (χ0v) is 10.5. The molecule has 2 N–H and O–H groups in total. The Morgan fingerprint density at radius 2 is 2.06 bits per heavy atom. The van der Waals surface area contributed by atoms with Crippen LogP contribution in [0.3, 0.4) is 0 Å². The average Bonchev–Trinajstić information content (AvgIpc) is 3.13. The van der Waals surface area contributed by atoms with Gasteiger partial charge < -0.3 is 10.4 Å². The minimum absolute atomic E-state index is 0.345. The van der Waals surface area contributed by atoms with Crippen molar-refractivity contribution in [1.29, 1.82) is 0 Å². The molecule has 0 saturated heterocycles. The Kier molecular flexibility index (Phi) is 4.30. The Morgan fingerprint density at radius 1 is 1.33 bits per heavy atom. The summed E-state index contributed by atoms with van der Waals surface area (Å²) in [6, 6.07) is 3.85. The first-order chi connectivity index (χ1) is 8.56. The van der Waals surface area contributed by atoms with Crippen LogP contribution in [-0.4, -0.2) is 17.7 Å². The van der Waals surface area contributed by atoms with Crippen LogP contribution in [0.2, 0.25) is 0 Å². The van der Waals surface area contributed by atoms with Crippen molar-refractivity contribution in [2.45, 2.75) is 38.3 Å². The summed E-state index contributed by atoms with van der Waals surface area (Å²) in [6.07, 6.45) is 2.92. The quantitative estimate of drug-likeness (QED) is 0.819. The van der Waals surface area contributed by atoms with Gasteiger partial charge in [0.1, 0.15) is 0 Å². The number of benzene rings is 1. The number of aliphatic hydroxyl groups is 1. The molecule has 0 radical (unpaired) electrons. The van der Waals surface area contributed by atoms with Gasteiger partial charge in [-0.25, -0.2) is 8.78 Å². The highest BCUT2D eigenvalue weighted by atomic mass is 19.2. The normalized spacial score (nSPS) is 18.7. The summed E-state index contributed by atoms with van der Waals surface area (Å²) >= 11 is 0. The summed E-state index contributed by atoms with van der Waals surface area (Å²) in [7, 11) is 0.